The molecule has 1 N–H and O–H groups in total. The van der Waals surface area contributed by atoms with Gasteiger partial charge in [-0.05, 0) is 70.8 Å². The molecule has 2 atom stereocenters. The molecule has 2 aromatic carbocycles. The van der Waals surface area contributed by atoms with Gasteiger partial charge in [0.05, 0.1) is 5.41 Å². The SMILES string of the molecule is C/C=C(\OC(=O)N1CCCCC1C[NH-])C(CC(C)N(C)C)(c1ccccc1)c1ccccc1.[Am]. The Morgan fingerprint density at radius 2 is 1.68 bits per heavy atom. The maximum atomic E-state index is 13.4. The molecule has 1 fully saturated rings. The van der Waals surface area contributed by atoms with Crippen LogP contribution in [0.5, 0.6) is 0 Å². The molecule has 34 heavy (non-hydrogen) atoms. The number of nitrogens with one attached hydrogen (secondary N) is 1. The molecule has 0 saturated carbocycles. The van der Waals surface area contributed by atoms with Crippen molar-refractivity contribution >= 4 is 6.09 Å². The molecule has 0 aliphatic carbocycles. The average molecular weight is 692 g/mol. The first-order valence-electron chi connectivity index (χ1n) is 12.0. The molecule has 0 bridgehead atoms. The van der Waals surface area contributed by atoms with Crippen LogP contribution < -0.4 is 0 Å². The molecule has 185 valence electrons. The van der Waals surface area contributed by atoms with Gasteiger partial charge in [-0.15, -0.1) is 6.54 Å². The minimum atomic E-state index is -0.622. The van der Waals surface area contributed by atoms with Crippen LogP contribution in [0.4, 0.5) is 4.79 Å². The first-order chi connectivity index (χ1) is 15.9. The monoisotopic (exact) mass is 689 g/mol. The van der Waals surface area contributed by atoms with Gasteiger partial charge < -0.3 is 20.3 Å². The van der Waals surface area contributed by atoms with Crippen LogP contribution >= 0.6 is 0 Å². The van der Waals surface area contributed by atoms with E-state index in [-0.39, 0.29) is 39.0 Å². The fourth-order valence-corrected chi connectivity index (χ4v) is 4.86. The Hall–Kier alpha value is -2.24. The number of benzene rings is 2. The number of carbonyl (C=O) groups excluding carboxylic acids is 1. The summed E-state index contributed by atoms with van der Waals surface area (Å²) < 4.78 is 6.27. The standard InChI is InChI=1S/C28H38N3O2.Am/c1-5-26(33-27(32)31-19-13-12-18-25(31)21-29)28(20-22(2)30(3)4,23-14-8-6-9-15-23)24-16-10-7-11-17-24;/h5-11,14-17,22,25,29H,12-13,18-21H2,1-4H3;/q-1;/b26-5-;. The number of carbonyl (C=O) groups is 1. The van der Waals surface area contributed by atoms with Crippen molar-refractivity contribution in [3.05, 3.63) is 89.4 Å². The van der Waals surface area contributed by atoms with Crippen LogP contribution in [0, 0.1) is 14.3 Å². The van der Waals surface area contributed by atoms with E-state index in [1.807, 2.05) is 49.4 Å². The van der Waals surface area contributed by atoms with Crippen molar-refractivity contribution in [1.82, 2.24) is 9.80 Å². The van der Waals surface area contributed by atoms with E-state index in [9.17, 15) is 4.79 Å². The van der Waals surface area contributed by atoms with Crippen molar-refractivity contribution in [1.29, 1.82) is 0 Å². The first-order valence-corrected chi connectivity index (χ1v) is 12.0. The Morgan fingerprint density at radius 3 is 2.15 bits per heavy atom. The topological polar surface area (TPSA) is 56.6 Å². The molecule has 1 aliphatic heterocycles. The molecule has 1 aliphatic rings. The predicted molar refractivity (Wildman–Crippen MR) is 135 cm³/mol. The quantitative estimate of drug-likeness (QED) is 0.308. The summed E-state index contributed by atoms with van der Waals surface area (Å²) in [5, 5.41) is 0. The number of rotatable bonds is 8. The van der Waals surface area contributed by atoms with Gasteiger partial charge in [0.25, 0.3) is 0 Å². The van der Waals surface area contributed by atoms with E-state index in [1.54, 1.807) is 4.90 Å². The van der Waals surface area contributed by atoms with Gasteiger partial charge in [-0.2, -0.15) is 0 Å². The fraction of sp³-hybridized carbons (Fsp3) is 0.464. The minimum absolute atomic E-state index is 0. The van der Waals surface area contributed by atoms with Crippen LogP contribution in [0.3, 0.4) is 0 Å². The molecule has 3 rings (SSSR count). The van der Waals surface area contributed by atoms with Gasteiger partial charge in [0.15, 0.2) is 0 Å². The molecule has 1 saturated heterocycles. The summed E-state index contributed by atoms with van der Waals surface area (Å²) in [7, 11) is 4.17. The maximum Gasteiger partial charge on any atom is 0.415 e. The molecule has 5 nitrogen and oxygen atoms in total. The zero-order valence-corrected chi connectivity index (χ0v) is 24.0. The van der Waals surface area contributed by atoms with Crippen LogP contribution in [-0.4, -0.2) is 55.2 Å². The number of nitrogens with zero attached hydrogens (tertiary/aromatic N) is 2. The third-order valence-corrected chi connectivity index (χ3v) is 6.99. The second-order valence-corrected chi connectivity index (χ2v) is 9.22. The second-order valence-electron chi connectivity index (χ2n) is 9.22. The number of likely N-dealkylation sites (tertiary alicyclic amines) is 1. The van der Waals surface area contributed by atoms with Crippen LogP contribution in [0.15, 0.2) is 72.5 Å². The molecular formula is C28H38AmN3O2-. The number of hydrogen-bond donors (Lipinski definition) is 0. The van der Waals surface area contributed by atoms with Crippen molar-refractivity contribution in [2.24, 2.45) is 0 Å². The fourth-order valence-electron chi connectivity index (χ4n) is 4.86. The van der Waals surface area contributed by atoms with Crippen LogP contribution in [0.1, 0.15) is 50.7 Å². The summed E-state index contributed by atoms with van der Waals surface area (Å²) in [5.74, 6) is 0.646. The van der Waals surface area contributed by atoms with Gasteiger partial charge in [0.1, 0.15) is 5.76 Å². The van der Waals surface area contributed by atoms with E-state index in [0.717, 1.165) is 36.8 Å². The Kier molecular flexibility index (Phi) is 10.7. The van der Waals surface area contributed by atoms with Gasteiger partial charge in [-0.25, -0.2) is 4.79 Å². The van der Waals surface area contributed by atoms with Gasteiger partial charge in [0, 0.05) is 32.9 Å². The Morgan fingerprint density at radius 1 is 1.12 bits per heavy atom. The van der Waals surface area contributed by atoms with E-state index in [2.05, 4.69) is 50.2 Å². The van der Waals surface area contributed by atoms with E-state index in [4.69, 9.17) is 10.5 Å². The van der Waals surface area contributed by atoms with Crippen molar-refractivity contribution in [3.8, 4) is 0 Å². The molecular weight excluding hydrogens is 653 g/mol. The predicted octanol–water partition coefficient (Wildman–Crippen LogP) is 6.26. The van der Waals surface area contributed by atoms with E-state index >= 15 is 0 Å². The average Bonchev–Trinajstić information content (AvgIpc) is 2.86. The number of piperidine rings is 1. The molecule has 1 heterocycles. The molecule has 6 heteroatoms. The summed E-state index contributed by atoms with van der Waals surface area (Å²) >= 11 is 0. The van der Waals surface area contributed by atoms with Crippen LogP contribution in [0.2, 0.25) is 0 Å². The van der Waals surface area contributed by atoms with Gasteiger partial charge in [0.2, 0.25) is 0 Å². The third-order valence-electron chi connectivity index (χ3n) is 6.99. The van der Waals surface area contributed by atoms with E-state index in [1.165, 1.54) is 0 Å². The van der Waals surface area contributed by atoms with Gasteiger partial charge in [-0.1, -0.05) is 60.7 Å². The van der Waals surface area contributed by atoms with Gasteiger partial charge in [-0.3, -0.25) is 0 Å². The zero-order chi connectivity index (χ0) is 23.8. The zero-order valence-electron chi connectivity index (χ0n) is 20.8. The molecule has 1 amide bonds. The Balaban J connectivity index is 0.00000408. The molecule has 0 spiro atoms. The summed E-state index contributed by atoms with van der Waals surface area (Å²) in [5.41, 5.74) is 9.49. The Labute approximate surface area is 213 Å². The molecule has 2 aromatic rings. The number of amides is 1. The summed E-state index contributed by atoms with van der Waals surface area (Å²) in [4.78, 5) is 17.4. The third kappa shape index (κ3) is 6.05. The first kappa shape index (κ1) is 28.0. The number of hydrogen-bond acceptors (Lipinski definition) is 3. The summed E-state index contributed by atoms with van der Waals surface area (Å²) in [6.45, 7) is 5.01. The molecule has 2 unspecified atom stereocenters. The number of allylic oxidation sites excluding steroid dienone is 2. The summed E-state index contributed by atoms with van der Waals surface area (Å²) in [6.07, 6.45) is 5.24. The summed E-state index contributed by atoms with van der Waals surface area (Å²) in [6, 6.07) is 20.9. The smallest absolute Gasteiger partial charge is 0.415 e. The van der Waals surface area contributed by atoms with Crippen LogP contribution in [0.25, 0.3) is 5.73 Å². The minimum Gasteiger partial charge on any atom is -0.676 e. The van der Waals surface area contributed by atoms with E-state index < -0.39 is 5.41 Å². The molecule has 0 aromatic heterocycles. The second kappa shape index (κ2) is 13.0. The van der Waals surface area contributed by atoms with Crippen LogP contribution in [-0.2, 0) is 10.2 Å². The van der Waals surface area contributed by atoms with Crippen molar-refractivity contribution in [2.45, 2.75) is 57.0 Å². The maximum absolute atomic E-state index is 13.4. The van der Waals surface area contributed by atoms with Crippen molar-refractivity contribution in [3.63, 3.8) is 0 Å². The molecule has 1 radical (unpaired) electrons. The largest absolute Gasteiger partial charge is 0.676 e. The Bertz CT molecular complexity index is 878. The normalized spacial score (nSPS) is 17.8. The van der Waals surface area contributed by atoms with Crippen molar-refractivity contribution in [2.75, 3.05) is 27.2 Å². The van der Waals surface area contributed by atoms with Gasteiger partial charge >= 0.3 is 6.09 Å². The number of ether oxygens (including phenoxy) is 1. The van der Waals surface area contributed by atoms with Crippen molar-refractivity contribution < 1.29 is 23.8 Å². The van der Waals surface area contributed by atoms with E-state index in [0.29, 0.717) is 12.3 Å².